The topological polar surface area (TPSA) is 38.9 Å². The van der Waals surface area contributed by atoms with Crippen molar-refractivity contribution in [3.63, 3.8) is 0 Å². The third-order valence-electron chi connectivity index (χ3n) is 3.74. The minimum Gasteiger partial charge on any atom is -0.319 e. The predicted octanol–water partition coefficient (Wildman–Crippen LogP) is 4.38. The van der Waals surface area contributed by atoms with Crippen molar-refractivity contribution in [3.05, 3.63) is 27.2 Å². The first-order valence-electron chi connectivity index (χ1n) is 6.55. The summed E-state index contributed by atoms with van der Waals surface area (Å²) in [6.07, 6.45) is 7.30. The van der Waals surface area contributed by atoms with Gasteiger partial charge in [0.1, 0.15) is 5.01 Å². The Kier molecular flexibility index (Phi) is 3.50. The molecule has 0 atom stereocenters. The van der Waals surface area contributed by atoms with Crippen LogP contribution < -0.4 is 5.73 Å². The Morgan fingerprint density at radius 2 is 1.89 bits per heavy atom. The average molecular weight is 278 g/mol. The highest BCUT2D eigenvalue weighted by atomic mass is 32.1. The summed E-state index contributed by atoms with van der Waals surface area (Å²) >= 11 is 3.45. The molecule has 0 aromatic carbocycles. The summed E-state index contributed by atoms with van der Waals surface area (Å²) in [6, 6.07) is 2.12. The zero-order valence-corrected chi connectivity index (χ0v) is 12.0. The molecule has 1 fully saturated rings. The Balaban J connectivity index is 1.88. The monoisotopic (exact) mass is 278 g/mol. The predicted molar refractivity (Wildman–Crippen MR) is 79.0 cm³/mol. The maximum atomic E-state index is 6.60. The standard InChI is InChI=1S/C14H18N2S2/c15-14(6-3-1-2-4-7-14)13-16-12(10-18-13)11-5-8-17-9-11/h5,8-10H,1-4,6-7,15H2. The summed E-state index contributed by atoms with van der Waals surface area (Å²) in [5.74, 6) is 0. The maximum absolute atomic E-state index is 6.60. The van der Waals surface area contributed by atoms with Crippen LogP contribution in [0.2, 0.25) is 0 Å². The summed E-state index contributed by atoms with van der Waals surface area (Å²) in [5.41, 5.74) is 8.74. The molecule has 2 aromatic rings. The van der Waals surface area contributed by atoms with Crippen molar-refractivity contribution in [1.29, 1.82) is 0 Å². The van der Waals surface area contributed by atoms with Crippen LogP contribution in [0.25, 0.3) is 11.3 Å². The zero-order chi connectivity index (χ0) is 12.4. The highest BCUT2D eigenvalue weighted by molar-refractivity contribution is 7.10. The van der Waals surface area contributed by atoms with Crippen molar-refractivity contribution in [1.82, 2.24) is 4.98 Å². The van der Waals surface area contributed by atoms with E-state index in [0.29, 0.717) is 0 Å². The van der Waals surface area contributed by atoms with Gasteiger partial charge in [0.25, 0.3) is 0 Å². The number of nitrogens with zero attached hydrogens (tertiary/aromatic N) is 1. The quantitative estimate of drug-likeness (QED) is 0.828. The Labute approximate surface area is 116 Å². The minimum atomic E-state index is -0.171. The van der Waals surface area contributed by atoms with Crippen LogP contribution in [0.15, 0.2) is 22.2 Å². The van der Waals surface area contributed by atoms with Gasteiger partial charge in [-0.3, -0.25) is 0 Å². The first kappa shape index (κ1) is 12.3. The lowest BCUT2D eigenvalue weighted by Crippen LogP contribution is -2.35. The van der Waals surface area contributed by atoms with Crippen molar-refractivity contribution in [3.8, 4) is 11.3 Å². The molecule has 0 saturated heterocycles. The van der Waals surface area contributed by atoms with Crippen molar-refractivity contribution in [2.45, 2.75) is 44.1 Å². The SMILES string of the molecule is NC1(c2nc(-c3ccsc3)cs2)CCCCCC1. The van der Waals surface area contributed by atoms with Gasteiger partial charge >= 0.3 is 0 Å². The lowest BCUT2D eigenvalue weighted by Gasteiger charge is -2.25. The average Bonchev–Trinajstić information content (AvgIpc) is 3.00. The molecule has 0 radical (unpaired) electrons. The lowest BCUT2D eigenvalue weighted by atomic mass is 9.92. The number of nitrogens with two attached hydrogens (primary N) is 1. The van der Waals surface area contributed by atoms with E-state index in [9.17, 15) is 0 Å². The highest BCUT2D eigenvalue weighted by Gasteiger charge is 2.31. The number of thiophene rings is 1. The van der Waals surface area contributed by atoms with Gasteiger partial charge in [-0.1, -0.05) is 25.7 Å². The molecule has 96 valence electrons. The number of hydrogen-bond acceptors (Lipinski definition) is 4. The van der Waals surface area contributed by atoms with Crippen molar-refractivity contribution >= 4 is 22.7 Å². The van der Waals surface area contributed by atoms with Gasteiger partial charge in [-0.05, 0) is 24.3 Å². The van der Waals surface area contributed by atoms with Crippen LogP contribution >= 0.6 is 22.7 Å². The summed E-state index contributed by atoms with van der Waals surface area (Å²) < 4.78 is 0. The van der Waals surface area contributed by atoms with Crippen LogP contribution in [0, 0.1) is 0 Å². The van der Waals surface area contributed by atoms with Gasteiger partial charge in [0, 0.05) is 16.3 Å². The third-order valence-corrected chi connectivity index (χ3v) is 5.49. The van der Waals surface area contributed by atoms with Crippen LogP contribution in [-0.4, -0.2) is 4.98 Å². The zero-order valence-electron chi connectivity index (χ0n) is 10.4. The molecule has 2 aromatic heterocycles. The van der Waals surface area contributed by atoms with E-state index in [1.54, 1.807) is 22.7 Å². The largest absolute Gasteiger partial charge is 0.319 e. The molecule has 2 heterocycles. The number of thiazole rings is 1. The van der Waals surface area contributed by atoms with Crippen LogP contribution in [0.1, 0.15) is 43.5 Å². The van der Waals surface area contributed by atoms with Gasteiger partial charge in [0.05, 0.1) is 11.2 Å². The second-order valence-electron chi connectivity index (χ2n) is 5.12. The van der Waals surface area contributed by atoms with Gasteiger partial charge in [0.2, 0.25) is 0 Å². The van der Waals surface area contributed by atoms with E-state index in [4.69, 9.17) is 10.7 Å². The Morgan fingerprint density at radius 1 is 1.11 bits per heavy atom. The first-order chi connectivity index (χ1) is 8.78. The molecule has 0 spiro atoms. The van der Waals surface area contributed by atoms with E-state index in [-0.39, 0.29) is 5.54 Å². The molecule has 3 rings (SSSR count). The summed E-state index contributed by atoms with van der Waals surface area (Å²) in [5, 5.41) is 7.52. The third kappa shape index (κ3) is 2.37. The van der Waals surface area contributed by atoms with Gasteiger partial charge < -0.3 is 5.73 Å². The second kappa shape index (κ2) is 5.11. The van der Waals surface area contributed by atoms with Crippen LogP contribution in [0.3, 0.4) is 0 Å². The fourth-order valence-electron chi connectivity index (χ4n) is 2.62. The molecule has 4 heteroatoms. The Hall–Kier alpha value is -0.710. The van der Waals surface area contributed by atoms with E-state index in [1.165, 1.54) is 31.2 Å². The van der Waals surface area contributed by atoms with Crippen LogP contribution in [0.5, 0.6) is 0 Å². The van der Waals surface area contributed by atoms with Gasteiger partial charge in [0.15, 0.2) is 0 Å². The Bertz CT molecular complexity index is 494. The lowest BCUT2D eigenvalue weighted by molar-refractivity contribution is 0.384. The van der Waals surface area contributed by atoms with Gasteiger partial charge in [-0.15, -0.1) is 11.3 Å². The second-order valence-corrected chi connectivity index (χ2v) is 6.76. The summed E-state index contributed by atoms with van der Waals surface area (Å²) in [7, 11) is 0. The molecule has 0 bridgehead atoms. The number of aromatic nitrogens is 1. The molecule has 2 nitrogen and oxygen atoms in total. The molecular weight excluding hydrogens is 260 g/mol. The van der Waals surface area contributed by atoms with Crippen molar-refractivity contribution in [2.75, 3.05) is 0 Å². The normalized spacial score (nSPS) is 19.6. The van der Waals surface area contributed by atoms with Crippen LogP contribution in [0.4, 0.5) is 0 Å². The van der Waals surface area contributed by atoms with Crippen LogP contribution in [-0.2, 0) is 5.54 Å². The molecule has 0 unspecified atom stereocenters. The van der Waals surface area contributed by atoms with E-state index in [1.807, 2.05) is 0 Å². The fourth-order valence-corrected chi connectivity index (χ4v) is 4.27. The molecule has 1 aliphatic rings. The smallest absolute Gasteiger partial charge is 0.113 e. The van der Waals surface area contributed by atoms with E-state index in [2.05, 4.69) is 22.2 Å². The van der Waals surface area contributed by atoms with E-state index in [0.717, 1.165) is 23.5 Å². The number of rotatable bonds is 2. The van der Waals surface area contributed by atoms with Gasteiger partial charge in [-0.25, -0.2) is 4.98 Å². The molecule has 1 saturated carbocycles. The van der Waals surface area contributed by atoms with Crippen molar-refractivity contribution in [2.24, 2.45) is 5.73 Å². The Morgan fingerprint density at radius 3 is 2.56 bits per heavy atom. The molecule has 0 amide bonds. The molecular formula is C14H18N2S2. The molecule has 1 aliphatic carbocycles. The minimum absolute atomic E-state index is 0.171. The molecule has 2 N–H and O–H groups in total. The van der Waals surface area contributed by atoms with E-state index < -0.39 is 0 Å². The van der Waals surface area contributed by atoms with Crippen molar-refractivity contribution < 1.29 is 0 Å². The number of hydrogen-bond donors (Lipinski definition) is 1. The summed E-state index contributed by atoms with van der Waals surface area (Å²) in [6.45, 7) is 0. The molecule has 18 heavy (non-hydrogen) atoms. The maximum Gasteiger partial charge on any atom is 0.113 e. The summed E-state index contributed by atoms with van der Waals surface area (Å²) in [4.78, 5) is 4.79. The fraction of sp³-hybridized carbons (Fsp3) is 0.500. The first-order valence-corrected chi connectivity index (χ1v) is 8.38. The van der Waals surface area contributed by atoms with Gasteiger partial charge in [-0.2, -0.15) is 11.3 Å². The highest BCUT2D eigenvalue weighted by Crippen LogP contribution is 2.37. The molecule has 0 aliphatic heterocycles. The van der Waals surface area contributed by atoms with E-state index >= 15 is 0 Å².